The molecule has 0 radical (unpaired) electrons. The van der Waals surface area contributed by atoms with Gasteiger partial charge in [-0.25, -0.2) is 0 Å². The zero-order valence-corrected chi connectivity index (χ0v) is 8.55. The van der Waals surface area contributed by atoms with Crippen molar-refractivity contribution in [3.8, 4) is 5.75 Å². The van der Waals surface area contributed by atoms with Crippen molar-refractivity contribution in [3.05, 3.63) is 29.8 Å². The average molecular weight is 206 g/mol. The second-order valence-electron chi connectivity index (χ2n) is 3.20. The molecule has 0 aliphatic rings. The molecule has 1 unspecified atom stereocenters. The summed E-state index contributed by atoms with van der Waals surface area (Å²) in [5.74, 6) is -0.221. The number of nitrogens with zero attached hydrogens (tertiary/aromatic N) is 1. The molecule has 1 atom stereocenters. The molecule has 0 aliphatic heterocycles. The third-order valence-electron chi connectivity index (χ3n) is 2.01. The smallest absolute Gasteiger partial charge is 0.242 e. The zero-order chi connectivity index (χ0) is 11.3. The maximum absolute atomic E-state index is 10.9. The molecule has 15 heavy (non-hydrogen) atoms. The average Bonchev–Trinajstić information content (AvgIpc) is 2.21. The Hall–Kier alpha value is -1.84. The van der Waals surface area contributed by atoms with Gasteiger partial charge in [0.05, 0.1) is 0 Å². The third kappa shape index (κ3) is 3.42. The van der Waals surface area contributed by atoms with E-state index in [0.717, 1.165) is 5.56 Å². The molecule has 0 saturated carbocycles. The van der Waals surface area contributed by atoms with Crippen molar-refractivity contribution < 1.29 is 9.90 Å². The van der Waals surface area contributed by atoms with Crippen LogP contribution >= 0.6 is 0 Å². The topological polar surface area (TPSA) is 75.7 Å². The monoisotopic (exact) mass is 206 g/mol. The third-order valence-corrected chi connectivity index (χ3v) is 2.01. The quantitative estimate of drug-likeness (QED) is 0.723. The number of phenols is 1. The second kappa shape index (κ2) is 5.14. The van der Waals surface area contributed by atoms with E-state index < -0.39 is 11.9 Å². The summed E-state index contributed by atoms with van der Waals surface area (Å²) in [6, 6.07) is 6.08. The molecule has 80 valence electrons. The van der Waals surface area contributed by atoms with Gasteiger partial charge in [-0.3, -0.25) is 9.79 Å². The summed E-state index contributed by atoms with van der Waals surface area (Å²) in [4.78, 5) is 14.9. The molecule has 0 aliphatic carbocycles. The first-order valence-corrected chi connectivity index (χ1v) is 4.75. The van der Waals surface area contributed by atoms with E-state index in [4.69, 9.17) is 10.8 Å². The number of aliphatic imine (C=N–C) groups is 1. The first-order chi connectivity index (χ1) is 7.13. The maximum atomic E-state index is 10.9. The lowest BCUT2D eigenvalue weighted by molar-refractivity contribution is -0.119. The molecule has 1 amide bonds. The highest BCUT2D eigenvalue weighted by atomic mass is 16.3. The fourth-order valence-electron chi connectivity index (χ4n) is 1.12. The van der Waals surface area contributed by atoms with Crippen LogP contribution in [0.3, 0.4) is 0 Å². The number of amides is 1. The van der Waals surface area contributed by atoms with Crippen molar-refractivity contribution >= 4 is 12.1 Å². The van der Waals surface area contributed by atoms with Crippen LogP contribution in [0.1, 0.15) is 18.9 Å². The second-order valence-corrected chi connectivity index (χ2v) is 3.20. The summed E-state index contributed by atoms with van der Waals surface area (Å²) in [7, 11) is 0. The summed E-state index contributed by atoms with van der Waals surface area (Å²) in [6.45, 7) is 1.85. The summed E-state index contributed by atoms with van der Waals surface area (Å²) in [5, 5.41) is 9.05. The Bertz CT molecular complexity index is 357. The highest BCUT2D eigenvalue weighted by Gasteiger charge is 2.08. The van der Waals surface area contributed by atoms with Crippen LogP contribution in [0.25, 0.3) is 0 Å². The number of hydrogen-bond donors (Lipinski definition) is 2. The summed E-state index contributed by atoms with van der Waals surface area (Å²) in [6.07, 6.45) is 2.17. The molecule has 0 saturated heterocycles. The van der Waals surface area contributed by atoms with Crippen molar-refractivity contribution in [2.45, 2.75) is 19.4 Å². The Morgan fingerprint density at radius 3 is 2.60 bits per heavy atom. The molecule has 3 N–H and O–H groups in total. The van der Waals surface area contributed by atoms with Gasteiger partial charge in [0.1, 0.15) is 11.8 Å². The maximum Gasteiger partial charge on any atom is 0.242 e. The summed E-state index contributed by atoms with van der Waals surface area (Å²) in [5.41, 5.74) is 5.97. The van der Waals surface area contributed by atoms with Crippen LogP contribution in [0.2, 0.25) is 0 Å². The lowest BCUT2D eigenvalue weighted by Gasteiger charge is -2.03. The van der Waals surface area contributed by atoms with Gasteiger partial charge in [-0.1, -0.05) is 6.92 Å². The number of nitrogens with two attached hydrogens (primary N) is 1. The van der Waals surface area contributed by atoms with Crippen LogP contribution < -0.4 is 5.73 Å². The van der Waals surface area contributed by atoms with Crippen molar-refractivity contribution in [2.24, 2.45) is 10.7 Å². The van der Waals surface area contributed by atoms with Crippen molar-refractivity contribution in [1.82, 2.24) is 0 Å². The van der Waals surface area contributed by atoms with E-state index in [9.17, 15) is 4.79 Å². The van der Waals surface area contributed by atoms with Gasteiger partial charge in [0.25, 0.3) is 0 Å². The molecule has 0 heterocycles. The first kappa shape index (κ1) is 11.2. The predicted octanol–water partition coefficient (Wildman–Crippen LogP) is 1.07. The number of primary amides is 1. The standard InChI is InChI=1S/C11H14N2O2/c1-2-10(11(12)15)13-7-8-3-5-9(14)6-4-8/h3-7,10,14H,2H2,1H3,(H2,12,15)/b13-7+. The highest BCUT2D eigenvalue weighted by molar-refractivity contribution is 5.85. The minimum Gasteiger partial charge on any atom is -0.508 e. The Morgan fingerprint density at radius 1 is 1.53 bits per heavy atom. The largest absolute Gasteiger partial charge is 0.508 e. The molecule has 4 heteroatoms. The minimum absolute atomic E-state index is 0.203. The highest BCUT2D eigenvalue weighted by Crippen LogP contribution is 2.08. The fraction of sp³-hybridized carbons (Fsp3) is 0.273. The number of aromatic hydroxyl groups is 1. The molecule has 0 spiro atoms. The fourth-order valence-corrected chi connectivity index (χ4v) is 1.12. The van der Waals surface area contributed by atoms with E-state index in [2.05, 4.69) is 4.99 Å². The molecule has 1 aromatic rings. The molecular formula is C11H14N2O2. The van der Waals surface area contributed by atoms with Crippen molar-refractivity contribution in [2.75, 3.05) is 0 Å². The lowest BCUT2D eigenvalue weighted by Crippen LogP contribution is -2.26. The molecule has 0 bridgehead atoms. The van der Waals surface area contributed by atoms with Crippen LogP contribution in [0.5, 0.6) is 5.75 Å². The first-order valence-electron chi connectivity index (χ1n) is 4.75. The van der Waals surface area contributed by atoms with E-state index in [1.807, 2.05) is 6.92 Å². The Balaban J connectivity index is 2.72. The molecule has 0 aromatic heterocycles. The Labute approximate surface area is 88.4 Å². The Morgan fingerprint density at radius 2 is 2.13 bits per heavy atom. The van der Waals surface area contributed by atoms with Crippen molar-refractivity contribution in [3.63, 3.8) is 0 Å². The van der Waals surface area contributed by atoms with E-state index in [-0.39, 0.29) is 5.75 Å². The van der Waals surface area contributed by atoms with E-state index >= 15 is 0 Å². The van der Waals surface area contributed by atoms with Gasteiger partial charge in [-0.05, 0) is 36.2 Å². The lowest BCUT2D eigenvalue weighted by atomic mass is 10.2. The van der Waals surface area contributed by atoms with Gasteiger partial charge in [-0.2, -0.15) is 0 Å². The number of hydrogen-bond acceptors (Lipinski definition) is 3. The van der Waals surface area contributed by atoms with Crippen LogP contribution in [0, 0.1) is 0 Å². The Kier molecular flexibility index (Phi) is 3.85. The SMILES string of the molecule is CCC(/N=C/c1ccc(O)cc1)C(N)=O. The van der Waals surface area contributed by atoms with Crippen LogP contribution in [-0.4, -0.2) is 23.3 Å². The number of benzene rings is 1. The predicted molar refractivity (Wildman–Crippen MR) is 59.0 cm³/mol. The minimum atomic E-state index is -0.473. The molecule has 0 fully saturated rings. The van der Waals surface area contributed by atoms with E-state index in [1.54, 1.807) is 30.5 Å². The molecule has 4 nitrogen and oxygen atoms in total. The summed E-state index contributed by atoms with van der Waals surface area (Å²) < 4.78 is 0. The van der Waals surface area contributed by atoms with E-state index in [0.29, 0.717) is 6.42 Å². The van der Waals surface area contributed by atoms with Gasteiger partial charge in [0, 0.05) is 6.21 Å². The van der Waals surface area contributed by atoms with Crippen LogP contribution in [-0.2, 0) is 4.79 Å². The molecule has 1 aromatic carbocycles. The van der Waals surface area contributed by atoms with E-state index in [1.165, 1.54) is 0 Å². The molecule has 1 rings (SSSR count). The number of carbonyl (C=O) groups excluding carboxylic acids is 1. The molecular weight excluding hydrogens is 192 g/mol. The van der Waals surface area contributed by atoms with Gasteiger partial charge in [0.15, 0.2) is 0 Å². The zero-order valence-electron chi connectivity index (χ0n) is 8.55. The van der Waals surface area contributed by atoms with Gasteiger partial charge >= 0.3 is 0 Å². The van der Waals surface area contributed by atoms with Gasteiger partial charge in [0.2, 0.25) is 5.91 Å². The van der Waals surface area contributed by atoms with Gasteiger partial charge < -0.3 is 10.8 Å². The number of carbonyl (C=O) groups is 1. The van der Waals surface area contributed by atoms with Gasteiger partial charge in [-0.15, -0.1) is 0 Å². The van der Waals surface area contributed by atoms with Crippen LogP contribution in [0.15, 0.2) is 29.3 Å². The normalized spacial score (nSPS) is 12.9. The van der Waals surface area contributed by atoms with Crippen molar-refractivity contribution in [1.29, 1.82) is 0 Å². The summed E-state index contributed by atoms with van der Waals surface area (Å²) >= 11 is 0. The van der Waals surface area contributed by atoms with Crippen LogP contribution in [0.4, 0.5) is 0 Å². The number of phenolic OH excluding ortho intramolecular Hbond substituents is 1. The number of rotatable bonds is 4.